The predicted octanol–water partition coefficient (Wildman–Crippen LogP) is 2.34. The highest BCUT2D eigenvalue weighted by atomic mass is 16.2. The van der Waals surface area contributed by atoms with Crippen molar-refractivity contribution in [2.75, 3.05) is 18.8 Å². The van der Waals surface area contributed by atoms with Gasteiger partial charge < -0.3 is 16.0 Å². The topological polar surface area (TPSA) is 114 Å². The van der Waals surface area contributed by atoms with E-state index in [1.807, 2.05) is 29.2 Å². The summed E-state index contributed by atoms with van der Waals surface area (Å²) >= 11 is 0. The Morgan fingerprint density at radius 1 is 1.13 bits per heavy atom. The summed E-state index contributed by atoms with van der Waals surface area (Å²) in [5.41, 5.74) is 8.70. The highest BCUT2D eigenvalue weighted by Crippen LogP contribution is 2.21. The molecule has 8 nitrogen and oxygen atoms in total. The van der Waals surface area contributed by atoms with E-state index < -0.39 is 0 Å². The first-order valence-electron chi connectivity index (χ1n) is 10.5. The molecule has 1 fully saturated rings. The Hall–Kier alpha value is -3.55. The van der Waals surface area contributed by atoms with Crippen LogP contribution in [0, 0.1) is 5.92 Å². The molecule has 160 valence electrons. The van der Waals surface area contributed by atoms with Gasteiger partial charge in [-0.25, -0.2) is 15.0 Å². The molecule has 1 aromatic carbocycles. The van der Waals surface area contributed by atoms with E-state index in [1.165, 1.54) is 6.33 Å². The second-order valence-corrected chi connectivity index (χ2v) is 7.99. The quantitative estimate of drug-likeness (QED) is 0.657. The number of fused-ring (bicyclic) bond motifs is 1. The molecule has 0 spiro atoms. The van der Waals surface area contributed by atoms with E-state index in [-0.39, 0.29) is 11.8 Å². The molecular weight excluding hydrogens is 392 g/mol. The van der Waals surface area contributed by atoms with E-state index in [2.05, 4.69) is 20.3 Å². The molecule has 1 aliphatic rings. The molecule has 0 aliphatic carbocycles. The van der Waals surface area contributed by atoms with Crippen LogP contribution in [-0.4, -0.2) is 44.8 Å². The molecule has 0 atom stereocenters. The summed E-state index contributed by atoms with van der Waals surface area (Å²) in [4.78, 5) is 38.8. The second kappa shape index (κ2) is 9.07. The smallest absolute Gasteiger partial charge is 0.270 e. The van der Waals surface area contributed by atoms with E-state index in [1.54, 1.807) is 19.1 Å². The maximum absolute atomic E-state index is 12.6. The number of piperidine rings is 1. The predicted molar refractivity (Wildman–Crippen MR) is 118 cm³/mol. The average Bonchev–Trinajstić information content (AvgIpc) is 2.77. The summed E-state index contributed by atoms with van der Waals surface area (Å²) < 4.78 is 0. The fourth-order valence-electron chi connectivity index (χ4n) is 3.94. The van der Waals surface area contributed by atoms with Crippen molar-refractivity contribution in [2.45, 2.75) is 32.7 Å². The number of amides is 2. The van der Waals surface area contributed by atoms with Crippen LogP contribution in [0.15, 0.2) is 42.7 Å². The van der Waals surface area contributed by atoms with E-state index in [4.69, 9.17) is 5.73 Å². The van der Waals surface area contributed by atoms with Crippen LogP contribution < -0.4 is 11.1 Å². The number of aromatic nitrogens is 3. The lowest BCUT2D eigenvalue weighted by atomic mass is 9.92. The lowest BCUT2D eigenvalue weighted by molar-refractivity contribution is -0.130. The zero-order chi connectivity index (χ0) is 21.8. The number of carbonyl (C=O) groups is 2. The number of nitrogens with one attached hydrogen (secondary N) is 1. The Morgan fingerprint density at radius 3 is 2.68 bits per heavy atom. The lowest BCUT2D eigenvalue weighted by Gasteiger charge is -2.31. The third-order valence-electron chi connectivity index (χ3n) is 5.75. The average molecular weight is 419 g/mol. The van der Waals surface area contributed by atoms with Crippen LogP contribution in [0.1, 0.15) is 41.5 Å². The van der Waals surface area contributed by atoms with E-state index in [0.29, 0.717) is 24.0 Å². The third-order valence-corrected chi connectivity index (χ3v) is 5.75. The van der Waals surface area contributed by atoms with Crippen LogP contribution in [0.5, 0.6) is 0 Å². The number of pyridine rings is 1. The summed E-state index contributed by atoms with van der Waals surface area (Å²) in [6.45, 7) is 3.54. The van der Waals surface area contributed by atoms with Crippen molar-refractivity contribution in [1.82, 2.24) is 25.2 Å². The van der Waals surface area contributed by atoms with Crippen molar-refractivity contribution in [2.24, 2.45) is 5.92 Å². The Labute approximate surface area is 180 Å². The minimum Gasteiger partial charge on any atom is -0.384 e. The molecule has 8 heteroatoms. The Kier molecular flexibility index (Phi) is 6.06. The molecule has 3 N–H and O–H groups in total. The fourth-order valence-corrected chi connectivity index (χ4v) is 3.94. The zero-order valence-electron chi connectivity index (χ0n) is 17.5. The van der Waals surface area contributed by atoms with Gasteiger partial charge in [-0.2, -0.15) is 0 Å². The van der Waals surface area contributed by atoms with Gasteiger partial charge >= 0.3 is 0 Å². The zero-order valence-corrected chi connectivity index (χ0v) is 17.5. The first-order valence-corrected chi connectivity index (χ1v) is 10.5. The molecule has 4 rings (SSSR count). The fraction of sp³-hybridized carbons (Fsp3) is 0.348. The number of nitrogen functional groups attached to an aromatic ring is 1. The van der Waals surface area contributed by atoms with E-state index in [0.717, 1.165) is 54.5 Å². The van der Waals surface area contributed by atoms with Gasteiger partial charge in [-0.05, 0) is 55.0 Å². The van der Waals surface area contributed by atoms with Gasteiger partial charge in [-0.15, -0.1) is 0 Å². The molecule has 2 aromatic heterocycles. The molecule has 0 saturated carbocycles. The highest BCUT2D eigenvalue weighted by molar-refractivity contribution is 5.92. The molecule has 0 unspecified atom stereocenters. The SMILES string of the molecule is CC(=O)N1CCC(Cc2cc(C(=O)NCc3ccc4ccc(N)nc4c3)ncn2)CC1. The number of hydrogen-bond acceptors (Lipinski definition) is 6. The Balaban J connectivity index is 1.35. The summed E-state index contributed by atoms with van der Waals surface area (Å²) in [7, 11) is 0. The molecule has 1 saturated heterocycles. The summed E-state index contributed by atoms with van der Waals surface area (Å²) in [5, 5.41) is 3.91. The Bertz CT molecular complexity index is 1110. The number of likely N-dealkylation sites (tertiary alicyclic amines) is 1. The number of nitrogens with zero attached hydrogens (tertiary/aromatic N) is 4. The number of nitrogens with two attached hydrogens (primary N) is 1. The molecule has 0 radical (unpaired) electrons. The maximum Gasteiger partial charge on any atom is 0.270 e. The van der Waals surface area contributed by atoms with Crippen molar-refractivity contribution in [3.05, 3.63) is 59.7 Å². The summed E-state index contributed by atoms with van der Waals surface area (Å²) in [6.07, 6.45) is 4.13. The molecule has 0 bridgehead atoms. The second-order valence-electron chi connectivity index (χ2n) is 7.99. The van der Waals surface area contributed by atoms with Crippen molar-refractivity contribution in [1.29, 1.82) is 0 Å². The van der Waals surface area contributed by atoms with Crippen LogP contribution in [0.25, 0.3) is 10.9 Å². The standard InChI is InChI=1S/C23H26N6O2/c1-15(30)29-8-6-16(7-9-29)10-19-12-21(27-14-26-19)23(31)25-13-17-2-3-18-4-5-22(24)28-20(18)11-17/h2-5,11-12,14,16H,6-10,13H2,1H3,(H2,24,28)(H,25,31). The highest BCUT2D eigenvalue weighted by Gasteiger charge is 2.21. The molecule has 3 aromatic rings. The van der Waals surface area contributed by atoms with E-state index >= 15 is 0 Å². The van der Waals surface area contributed by atoms with Gasteiger partial charge in [0.1, 0.15) is 17.8 Å². The first-order chi connectivity index (χ1) is 15.0. The lowest BCUT2D eigenvalue weighted by Crippen LogP contribution is -2.37. The van der Waals surface area contributed by atoms with Gasteiger partial charge in [0.15, 0.2) is 0 Å². The number of anilines is 1. The molecule has 31 heavy (non-hydrogen) atoms. The van der Waals surface area contributed by atoms with Gasteiger partial charge in [0, 0.05) is 37.6 Å². The van der Waals surface area contributed by atoms with Crippen molar-refractivity contribution >= 4 is 28.5 Å². The molecule has 1 aliphatic heterocycles. The van der Waals surface area contributed by atoms with Crippen LogP contribution in [0.3, 0.4) is 0 Å². The van der Waals surface area contributed by atoms with Crippen LogP contribution in [0.2, 0.25) is 0 Å². The largest absolute Gasteiger partial charge is 0.384 e. The molecular formula is C23H26N6O2. The maximum atomic E-state index is 12.6. The van der Waals surface area contributed by atoms with Gasteiger partial charge in [0.25, 0.3) is 5.91 Å². The van der Waals surface area contributed by atoms with Crippen molar-refractivity contribution in [3.8, 4) is 0 Å². The molecule has 2 amide bonds. The van der Waals surface area contributed by atoms with Crippen LogP contribution in [0.4, 0.5) is 5.82 Å². The summed E-state index contributed by atoms with van der Waals surface area (Å²) in [6, 6.07) is 11.3. The van der Waals surface area contributed by atoms with Gasteiger partial charge in [0.2, 0.25) is 5.91 Å². The first kappa shape index (κ1) is 20.7. The summed E-state index contributed by atoms with van der Waals surface area (Å²) in [5.74, 6) is 0.814. The normalized spacial score (nSPS) is 14.5. The number of hydrogen-bond donors (Lipinski definition) is 2. The van der Waals surface area contributed by atoms with Crippen molar-refractivity contribution in [3.63, 3.8) is 0 Å². The molecule has 3 heterocycles. The number of rotatable bonds is 5. The minimum atomic E-state index is -0.240. The minimum absolute atomic E-state index is 0.130. The van der Waals surface area contributed by atoms with Gasteiger partial charge in [0.05, 0.1) is 5.52 Å². The number of benzene rings is 1. The number of carbonyl (C=O) groups excluding carboxylic acids is 2. The van der Waals surface area contributed by atoms with Crippen LogP contribution in [-0.2, 0) is 17.8 Å². The van der Waals surface area contributed by atoms with Gasteiger partial charge in [-0.1, -0.05) is 12.1 Å². The van der Waals surface area contributed by atoms with E-state index in [9.17, 15) is 9.59 Å². The van der Waals surface area contributed by atoms with Crippen molar-refractivity contribution < 1.29 is 9.59 Å². The Morgan fingerprint density at radius 2 is 1.90 bits per heavy atom. The van der Waals surface area contributed by atoms with Gasteiger partial charge in [-0.3, -0.25) is 9.59 Å². The monoisotopic (exact) mass is 418 g/mol. The third kappa shape index (κ3) is 5.14. The van der Waals surface area contributed by atoms with Crippen LogP contribution >= 0.6 is 0 Å².